The third-order valence-corrected chi connectivity index (χ3v) is 3.11. The van der Waals surface area contributed by atoms with Gasteiger partial charge < -0.3 is 20.1 Å². The van der Waals surface area contributed by atoms with Gasteiger partial charge in [0.15, 0.2) is 11.5 Å². The van der Waals surface area contributed by atoms with Crippen LogP contribution in [0, 0.1) is 0 Å². The summed E-state index contributed by atoms with van der Waals surface area (Å²) in [7, 11) is 1.60. The molecule has 0 spiro atoms. The minimum absolute atomic E-state index is 0.00534. The zero-order valence-electron chi connectivity index (χ0n) is 12.1. The van der Waals surface area contributed by atoms with Gasteiger partial charge in [0.2, 0.25) is 5.91 Å². The Kier molecular flexibility index (Phi) is 5.24. The Balaban J connectivity index is 1.86. The maximum Gasteiger partial charge on any atom is 0.225 e. The van der Waals surface area contributed by atoms with E-state index in [0.29, 0.717) is 30.6 Å². The van der Waals surface area contributed by atoms with E-state index in [-0.39, 0.29) is 5.91 Å². The lowest BCUT2D eigenvalue weighted by atomic mass is 10.2. The largest absolute Gasteiger partial charge is 0.493 e. The molecule has 5 heteroatoms. The lowest BCUT2D eigenvalue weighted by Gasteiger charge is -2.12. The predicted octanol–water partition coefficient (Wildman–Crippen LogP) is 2.17. The lowest BCUT2D eigenvalue weighted by molar-refractivity contribution is -0.116. The van der Waals surface area contributed by atoms with E-state index in [2.05, 4.69) is 10.6 Å². The summed E-state index contributed by atoms with van der Waals surface area (Å²) >= 11 is 0. The van der Waals surface area contributed by atoms with Gasteiger partial charge >= 0.3 is 0 Å². The van der Waals surface area contributed by atoms with Crippen LogP contribution in [0.4, 0.5) is 5.69 Å². The molecule has 2 N–H and O–H groups in total. The van der Waals surface area contributed by atoms with Crippen LogP contribution in [0.15, 0.2) is 18.2 Å². The summed E-state index contributed by atoms with van der Waals surface area (Å²) in [6, 6.07) is 6.03. The summed E-state index contributed by atoms with van der Waals surface area (Å²) in [5.74, 6) is 1.31. The SMILES string of the molecule is CCOc1cc(NC(=O)CCNC2CC2)ccc1OC. The Morgan fingerprint density at radius 1 is 1.35 bits per heavy atom. The Hall–Kier alpha value is -1.75. The molecule has 0 unspecified atom stereocenters. The van der Waals surface area contributed by atoms with Crippen LogP contribution in [-0.2, 0) is 4.79 Å². The molecule has 1 fully saturated rings. The first-order valence-electron chi connectivity index (χ1n) is 7.07. The number of nitrogens with one attached hydrogen (secondary N) is 2. The van der Waals surface area contributed by atoms with Crippen LogP contribution in [0.25, 0.3) is 0 Å². The Morgan fingerprint density at radius 3 is 2.80 bits per heavy atom. The molecule has 0 atom stereocenters. The number of hydrogen-bond donors (Lipinski definition) is 2. The lowest BCUT2D eigenvalue weighted by Crippen LogP contribution is -2.23. The van der Waals surface area contributed by atoms with Gasteiger partial charge in [0.1, 0.15) is 0 Å². The fourth-order valence-electron chi connectivity index (χ4n) is 1.92. The molecule has 0 radical (unpaired) electrons. The van der Waals surface area contributed by atoms with E-state index < -0.39 is 0 Å². The van der Waals surface area contributed by atoms with Crippen molar-refractivity contribution in [3.63, 3.8) is 0 Å². The fraction of sp³-hybridized carbons (Fsp3) is 0.533. The van der Waals surface area contributed by atoms with Gasteiger partial charge in [-0.25, -0.2) is 0 Å². The predicted molar refractivity (Wildman–Crippen MR) is 78.4 cm³/mol. The summed E-state index contributed by atoms with van der Waals surface area (Å²) in [4.78, 5) is 11.8. The second-order valence-electron chi connectivity index (χ2n) is 4.83. The zero-order valence-corrected chi connectivity index (χ0v) is 12.1. The number of amides is 1. The van der Waals surface area contributed by atoms with Gasteiger partial charge in [0.25, 0.3) is 0 Å². The minimum Gasteiger partial charge on any atom is -0.493 e. The van der Waals surface area contributed by atoms with E-state index in [1.807, 2.05) is 13.0 Å². The average molecular weight is 278 g/mol. The second kappa shape index (κ2) is 7.14. The Bertz CT molecular complexity index is 458. The molecule has 110 valence electrons. The molecule has 0 bridgehead atoms. The number of ether oxygens (including phenoxy) is 2. The fourth-order valence-corrected chi connectivity index (χ4v) is 1.92. The Labute approximate surface area is 119 Å². The summed E-state index contributed by atoms with van der Waals surface area (Å²) in [6.45, 7) is 3.19. The second-order valence-corrected chi connectivity index (χ2v) is 4.83. The molecule has 0 heterocycles. The summed E-state index contributed by atoms with van der Waals surface area (Å²) in [5, 5.41) is 6.19. The topological polar surface area (TPSA) is 59.6 Å². The van der Waals surface area contributed by atoms with Crippen molar-refractivity contribution >= 4 is 11.6 Å². The van der Waals surface area contributed by atoms with Crippen molar-refractivity contribution < 1.29 is 14.3 Å². The molecule has 20 heavy (non-hydrogen) atoms. The first kappa shape index (κ1) is 14.7. The van der Waals surface area contributed by atoms with Crippen molar-refractivity contribution in [3.05, 3.63) is 18.2 Å². The molecule has 0 aliphatic heterocycles. The van der Waals surface area contributed by atoms with Crippen LogP contribution in [0.5, 0.6) is 11.5 Å². The maximum atomic E-state index is 11.8. The van der Waals surface area contributed by atoms with Crippen molar-refractivity contribution in [2.24, 2.45) is 0 Å². The monoisotopic (exact) mass is 278 g/mol. The molecule has 1 aliphatic carbocycles. The summed E-state index contributed by atoms with van der Waals surface area (Å²) in [6.07, 6.45) is 2.95. The molecule has 1 saturated carbocycles. The standard InChI is InChI=1S/C15H22N2O3/c1-3-20-14-10-12(6-7-13(14)19-2)17-15(18)8-9-16-11-4-5-11/h6-7,10-11,16H,3-5,8-9H2,1-2H3,(H,17,18). The van der Waals surface area contributed by atoms with Crippen molar-refractivity contribution in [3.8, 4) is 11.5 Å². The molecule has 1 amide bonds. The highest BCUT2D eigenvalue weighted by Gasteiger charge is 2.20. The van der Waals surface area contributed by atoms with Gasteiger partial charge in [-0.15, -0.1) is 0 Å². The normalized spacial score (nSPS) is 13.9. The van der Waals surface area contributed by atoms with Gasteiger partial charge in [-0.05, 0) is 31.9 Å². The molecule has 0 saturated heterocycles. The van der Waals surface area contributed by atoms with Crippen molar-refractivity contribution in [1.29, 1.82) is 0 Å². The first-order valence-corrected chi connectivity index (χ1v) is 7.07. The third kappa shape index (κ3) is 4.42. The molecule has 1 aromatic rings. The molecule has 5 nitrogen and oxygen atoms in total. The number of benzene rings is 1. The third-order valence-electron chi connectivity index (χ3n) is 3.11. The number of anilines is 1. The molecule has 0 aromatic heterocycles. The van der Waals surface area contributed by atoms with Crippen molar-refractivity contribution in [1.82, 2.24) is 5.32 Å². The van der Waals surface area contributed by atoms with Gasteiger partial charge in [-0.2, -0.15) is 0 Å². The van der Waals surface area contributed by atoms with E-state index in [1.165, 1.54) is 12.8 Å². The molecular formula is C15H22N2O3. The highest BCUT2D eigenvalue weighted by Crippen LogP contribution is 2.30. The Morgan fingerprint density at radius 2 is 2.15 bits per heavy atom. The molecular weight excluding hydrogens is 256 g/mol. The smallest absolute Gasteiger partial charge is 0.225 e. The summed E-state index contributed by atoms with van der Waals surface area (Å²) < 4.78 is 10.7. The number of rotatable bonds is 8. The minimum atomic E-state index is 0.00534. The van der Waals surface area contributed by atoms with E-state index in [4.69, 9.17) is 9.47 Å². The zero-order chi connectivity index (χ0) is 14.4. The number of carbonyl (C=O) groups excluding carboxylic acids is 1. The van der Waals surface area contributed by atoms with Crippen molar-refractivity contribution in [2.75, 3.05) is 25.6 Å². The van der Waals surface area contributed by atoms with Crippen LogP contribution in [0.1, 0.15) is 26.2 Å². The van der Waals surface area contributed by atoms with E-state index in [9.17, 15) is 4.79 Å². The summed E-state index contributed by atoms with van der Waals surface area (Å²) in [5.41, 5.74) is 0.727. The van der Waals surface area contributed by atoms with Gasteiger partial charge in [-0.3, -0.25) is 4.79 Å². The van der Waals surface area contributed by atoms with Crippen molar-refractivity contribution in [2.45, 2.75) is 32.2 Å². The molecule has 2 rings (SSSR count). The molecule has 1 aliphatic rings. The average Bonchev–Trinajstić information content (AvgIpc) is 3.24. The molecule has 1 aromatic carbocycles. The van der Waals surface area contributed by atoms with E-state index in [0.717, 1.165) is 12.2 Å². The van der Waals surface area contributed by atoms with Crippen LogP contribution in [0.3, 0.4) is 0 Å². The number of hydrogen-bond acceptors (Lipinski definition) is 4. The van der Waals surface area contributed by atoms with Gasteiger partial charge in [0, 0.05) is 30.8 Å². The van der Waals surface area contributed by atoms with Gasteiger partial charge in [0.05, 0.1) is 13.7 Å². The highest BCUT2D eigenvalue weighted by atomic mass is 16.5. The van der Waals surface area contributed by atoms with E-state index >= 15 is 0 Å². The van der Waals surface area contributed by atoms with Crippen LogP contribution in [0.2, 0.25) is 0 Å². The maximum absolute atomic E-state index is 11.8. The van der Waals surface area contributed by atoms with Gasteiger partial charge in [-0.1, -0.05) is 0 Å². The number of carbonyl (C=O) groups is 1. The van der Waals surface area contributed by atoms with E-state index in [1.54, 1.807) is 19.2 Å². The quantitative estimate of drug-likeness (QED) is 0.765. The first-order chi connectivity index (χ1) is 9.72. The van der Waals surface area contributed by atoms with Crippen LogP contribution < -0.4 is 20.1 Å². The highest BCUT2D eigenvalue weighted by molar-refractivity contribution is 5.91. The number of methoxy groups -OCH3 is 1. The van der Waals surface area contributed by atoms with Crippen LogP contribution in [-0.4, -0.2) is 32.2 Å². The van der Waals surface area contributed by atoms with Crippen LogP contribution >= 0.6 is 0 Å².